The Kier molecular flexibility index (Phi) is 3.69. The van der Waals surface area contributed by atoms with Crippen LogP contribution in [0.2, 0.25) is 0 Å². The van der Waals surface area contributed by atoms with Gasteiger partial charge in [0.05, 0.1) is 0 Å². The van der Waals surface area contributed by atoms with E-state index < -0.39 is 17.6 Å². The summed E-state index contributed by atoms with van der Waals surface area (Å²) in [5.41, 5.74) is 4.68. The predicted octanol–water partition coefficient (Wildman–Crippen LogP) is 3.62. The quantitative estimate of drug-likeness (QED) is 0.886. The lowest BCUT2D eigenvalue weighted by Crippen LogP contribution is -2.51. The molecule has 2 N–H and O–H groups in total. The van der Waals surface area contributed by atoms with Crippen LogP contribution in [0.1, 0.15) is 19.4 Å². The van der Waals surface area contributed by atoms with E-state index in [-0.39, 0.29) is 0 Å². The van der Waals surface area contributed by atoms with Gasteiger partial charge in [-0.15, -0.1) is 0 Å². The highest BCUT2D eigenvalue weighted by atomic mass is 79.9. The lowest BCUT2D eigenvalue weighted by atomic mass is 9.78. The van der Waals surface area contributed by atoms with E-state index in [2.05, 4.69) is 15.9 Å². The van der Waals surface area contributed by atoms with E-state index in [1.54, 1.807) is 24.3 Å². The van der Waals surface area contributed by atoms with Gasteiger partial charge < -0.3 is 5.73 Å². The topological polar surface area (TPSA) is 26.0 Å². The summed E-state index contributed by atoms with van der Waals surface area (Å²) in [6.45, 7) is 2.99. The Hall–Kier alpha value is -0.550. The smallest absolute Gasteiger partial charge is 0.319 e. The second-order valence-electron chi connectivity index (χ2n) is 4.25. The van der Waals surface area contributed by atoms with Crippen molar-refractivity contribution >= 4 is 15.9 Å². The second-order valence-corrected chi connectivity index (χ2v) is 5.17. The molecule has 0 bridgehead atoms. The first kappa shape index (κ1) is 13.5. The Morgan fingerprint density at radius 2 is 1.81 bits per heavy atom. The largest absolute Gasteiger partial charge is 0.404 e. The number of hydrogen-bond donors (Lipinski definition) is 1. The van der Waals surface area contributed by atoms with Crippen LogP contribution in [-0.2, 0) is 5.41 Å². The van der Waals surface area contributed by atoms with Crippen molar-refractivity contribution < 1.29 is 13.2 Å². The summed E-state index contributed by atoms with van der Waals surface area (Å²) in [4.78, 5) is 0. The summed E-state index contributed by atoms with van der Waals surface area (Å²) >= 11 is 3.23. The van der Waals surface area contributed by atoms with Gasteiger partial charge in [0.1, 0.15) is 6.04 Å². The third-order valence-electron chi connectivity index (χ3n) is 2.70. The Morgan fingerprint density at radius 3 is 2.25 bits per heavy atom. The molecule has 0 aliphatic rings. The zero-order valence-electron chi connectivity index (χ0n) is 8.98. The average molecular weight is 296 g/mol. The third kappa shape index (κ3) is 2.77. The summed E-state index contributed by atoms with van der Waals surface area (Å²) in [6, 6.07) is 4.89. The molecular formula is C11H13BrF3N. The van der Waals surface area contributed by atoms with Crippen LogP contribution in [0.15, 0.2) is 28.7 Å². The first-order valence-corrected chi connectivity index (χ1v) is 5.53. The number of rotatable bonds is 2. The molecule has 0 saturated carbocycles. The van der Waals surface area contributed by atoms with Crippen molar-refractivity contribution in [2.45, 2.75) is 31.5 Å². The molecule has 0 saturated heterocycles. The minimum absolute atomic E-state index is 0.562. The molecule has 1 nitrogen and oxygen atoms in total. The van der Waals surface area contributed by atoms with Crippen molar-refractivity contribution in [3.05, 3.63) is 34.3 Å². The van der Waals surface area contributed by atoms with Crippen LogP contribution in [0.25, 0.3) is 0 Å². The SMILES string of the molecule is CC(C)(c1cccc(Br)c1)C(N)C(F)(F)F. The molecule has 16 heavy (non-hydrogen) atoms. The van der Waals surface area contributed by atoms with Gasteiger partial charge in [0, 0.05) is 9.89 Å². The first-order chi connectivity index (χ1) is 7.15. The van der Waals surface area contributed by atoms with Gasteiger partial charge in [0.2, 0.25) is 0 Å². The highest BCUT2D eigenvalue weighted by Gasteiger charge is 2.47. The van der Waals surface area contributed by atoms with Gasteiger partial charge in [-0.05, 0) is 17.7 Å². The number of alkyl halides is 3. The number of benzene rings is 1. The predicted molar refractivity (Wildman–Crippen MR) is 61.2 cm³/mol. The normalized spacial score (nSPS) is 14.9. The summed E-state index contributed by atoms with van der Waals surface area (Å²) in [6.07, 6.45) is -4.40. The summed E-state index contributed by atoms with van der Waals surface area (Å²) in [5.74, 6) is 0. The van der Waals surface area contributed by atoms with Crippen molar-refractivity contribution in [2.75, 3.05) is 0 Å². The molecule has 1 unspecified atom stereocenters. The van der Waals surface area contributed by atoms with E-state index in [1.807, 2.05) is 0 Å². The standard InChI is InChI=1S/C11H13BrF3N/c1-10(2,9(16)11(13,14)15)7-4-3-5-8(12)6-7/h3-6,9H,16H2,1-2H3. The van der Waals surface area contributed by atoms with Crippen molar-refractivity contribution in [3.8, 4) is 0 Å². The van der Waals surface area contributed by atoms with E-state index >= 15 is 0 Å². The number of hydrogen-bond acceptors (Lipinski definition) is 1. The van der Waals surface area contributed by atoms with Gasteiger partial charge in [-0.2, -0.15) is 13.2 Å². The van der Waals surface area contributed by atoms with Gasteiger partial charge in [-0.3, -0.25) is 0 Å². The highest BCUT2D eigenvalue weighted by molar-refractivity contribution is 9.10. The van der Waals surface area contributed by atoms with Crippen LogP contribution in [-0.4, -0.2) is 12.2 Å². The zero-order valence-corrected chi connectivity index (χ0v) is 10.6. The van der Waals surface area contributed by atoms with E-state index in [0.29, 0.717) is 5.56 Å². The fraction of sp³-hybridized carbons (Fsp3) is 0.455. The molecule has 0 spiro atoms. The lowest BCUT2D eigenvalue weighted by Gasteiger charge is -2.33. The van der Waals surface area contributed by atoms with Crippen molar-refractivity contribution in [1.82, 2.24) is 0 Å². The van der Waals surface area contributed by atoms with E-state index in [0.717, 1.165) is 4.47 Å². The highest BCUT2D eigenvalue weighted by Crippen LogP contribution is 2.35. The Morgan fingerprint density at radius 1 is 1.25 bits per heavy atom. The van der Waals surface area contributed by atoms with Gasteiger partial charge in [-0.25, -0.2) is 0 Å². The molecular weight excluding hydrogens is 283 g/mol. The average Bonchev–Trinajstić information content (AvgIpc) is 2.15. The maximum Gasteiger partial charge on any atom is 0.404 e. The molecule has 0 amide bonds. The number of nitrogens with two attached hydrogens (primary N) is 1. The molecule has 0 radical (unpaired) electrons. The van der Waals surface area contributed by atoms with Gasteiger partial charge in [0.15, 0.2) is 0 Å². The van der Waals surface area contributed by atoms with E-state index in [9.17, 15) is 13.2 Å². The molecule has 0 aliphatic heterocycles. The summed E-state index contributed by atoms with van der Waals surface area (Å²) in [7, 11) is 0. The maximum absolute atomic E-state index is 12.6. The van der Waals surface area contributed by atoms with Crippen molar-refractivity contribution in [2.24, 2.45) is 5.73 Å². The molecule has 1 rings (SSSR count). The van der Waals surface area contributed by atoms with E-state index in [4.69, 9.17) is 5.73 Å². The fourth-order valence-electron chi connectivity index (χ4n) is 1.48. The van der Waals surface area contributed by atoms with Gasteiger partial charge >= 0.3 is 6.18 Å². The van der Waals surface area contributed by atoms with Crippen LogP contribution in [0.5, 0.6) is 0 Å². The summed E-state index contributed by atoms with van der Waals surface area (Å²) < 4.78 is 38.5. The Labute approximate surface area is 101 Å². The van der Waals surface area contributed by atoms with Crippen LogP contribution >= 0.6 is 15.9 Å². The molecule has 0 aliphatic carbocycles. The molecule has 5 heteroatoms. The van der Waals surface area contributed by atoms with Crippen LogP contribution in [0.4, 0.5) is 13.2 Å². The Bertz CT molecular complexity index is 374. The van der Waals surface area contributed by atoms with Crippen molar-refractivity contribution in [1.29, 1.82) is 0 Å². The Balaban J connectivity index is 3.11. The van der Waals surface area contributed by atoms with Crippen LogP contribution < -0.4 is 5.73 Å². The molecule has 1 aromatic carbocycles. The minimum atomic E-state index is -4.40. The maximum atomic E-state index is 12.6. The molecule has 0 fully saturated rings. The van der Waals surface area contributed by atoms with Crippen molar-refractivity contribution in [3.63, 3.8) is 0 Å². The second kappa shape index (κ2) is 4.37. The zero-order chi connectivity index (χ0) is 12.6. The first-order valence-electron chi connectivity index (χ1n) is 4.74. The lowest BCUT2D eigenvalue weighted by molar-refractivity contribution is -0.160. The van der Waals surface area contributed by atoms with Crippen LogP contribution in [0.3, 0.4) is 0 Å². The van der Waals surface area contributed by atoms with Gasteiger partial charge in [0.25, 0.3) is 0 Å². The summed E-state index contributed by atoms with van der Waals surface area (Å²) in [5, 5.41) is 0. The van der Waals surface area contributed by atoms with Crippen LogP contribution in [0, 0.1) is 0 Å². The molecule has 0 heterocycles. The molecule has 0 aromatic heterocycles. The number of halogens is 4. The third-order valence-corrected chi connectivity index (χ3v) is 3.19. The molecule has 90 valence electrons. The fourth-order valence-corrected chi connectivity index (χ4v) is 1.88. The minimum Gasteiger partial charge on any atom is -0.319 e. The molecule has 1 aromatic rings. The monoisotopic (exact) mass is 295 g/mol. The van der Waals surface area contributed by atoms with Gasteiger partial charge in [-0.1, -0.05) is 41.9 Å². The molecule has 1 atom stereocenters. The van der Waals surface area contributed by atoms with E-state index in [1.165, 1.54) is 13.8 Å².